The number of thioether (sulfide) groups is 1. The highest BCUT2D eigenvalue weighted by atomic mass is 32.2. The quantitative estimate of drug-likeness (QED) is 0.325. The number of rotatable bonds is 7. The zero-order valence-electron chi connectivity index (χ0n) is 15.3. The Hall–Kier alpha value is -3.18. The van der Waals surface area contributed by atoms with Gasteiger partial charge in [-0.25, -0.2) is 0 Å². The van der Waals surface area contributed by atoms with Crippen LogP contribution in [-0.2, 0) is 5.75 Å². The van der Waals surface area contributed by atoms with Crippen LogP contribution >= 0.6 is 11.8 Å². The van der Waals surface area contributed by atoms with Crippen LogP contribution in [0.2, 0.25) is 0 Å². The topological polar surface area (TPSA) is 66.8 Å². The van der Waals surface area contributed by atoms with Gasteiger partial charge in [0.15, 0.2) is 5.78 Å². The molecule has 0 saturated carbocycles. The van der Waals surface area contributed by atoms with Crippen molar-refractivity contribution in [2.45, 2.75) is 10.6 Å². The molecule has 0 aliphatic carbocycles. The first-order valence-corrected chi connectivity index (χ1v) is 9.64. The molecule has 4 nitrogen and oxygen atoms in total. The summed E-state index contributed by atoms with van der Waals surface area (Å²) in [5.74, 6) is 0.843. The largest absolute Gasteiger partial charge is 0.508 e. The molecule has 3 aromatic rings. The monoisotopic (exact) mass is 392 g/mol. The first-order chi connectivity index (χ1) is 13.6. The maximum atomic E-state index is 12.3. The van der Waals surface area contributed by atoms with Crippen molar-refractivity contribution in [3.8, 4) is 17.2 Å². The molecule has 0 saturated heterocycles. The molecule has 0 unspecified atom stereocenters. The predicted molar refractivity (Wildman–Crippen MR) is 112 cm³/mol. The molecule has 0 radical (unpaired) electrons. The van der Waals surface area contributed by atoms with E-state index in [-0.39, 0.29) is 22.8 Å². The van der Waals surface area contributed by atoms with Crippen LogP contribution in [0.25, 0.3) is 6.08 Å². The van der Waals surface area contributed by atoms with Crippen molar-refractivity contribution in [2.24, 2.45) is 0 Å². The molecule has 2 N–H and O–H groups in total. The third-order valence-electron chi connectivity index (χ3n) is 4.12. The van der Waals surface area contributed by atoms with Crippen LogP contribution in [0.3, 0.4) is 0 Å². The van der Waals surface area contributed by atoms with Crippen molar-refractivity contribution in [2.75, 3.05) is 7.11 Å². The number of methoxy groups -OCH3 is 1. The van der Waals surface area contributed by atoms with Crippen LogP contribution in [0.15, 0.2) is 77.7 Å². The van der Waals surface area contributed by atoms with Crippen molar-refractivity contribution >= 4 is 23.6 Å². The average molecular weight is 392 g/mol. The van der Waals surface area contributed by atoms with E-state index in [1.165, 1.54) is 23.1 Å². The normalized spacial score (nSPS) is 10.9. The first kappa shape index (κ1) is 19.6. The molecule has 28 heavy (non-hydrogen) atoms. The molecule has 142 valence electrons. The number of allylic oxidation sites excluding steroid dienone is 1. The number of aromatic hydroxyl groups is 2. The number of benzene rings is 3. The molecule has 0 amide bonds. The van der Waals surface area contributed by atoms with Crippen LogP contribution in [0.1, 0.15) is 21.5 Å². The van der Waals surface area contributed by atoms with Gasteiger partial charge in [-0.15, -0.1) is 11.8 Å². The van der Waals surface area contributed by atoms with Gasteiger partial charge in [-0.1, -0.05) is 36.4 Å². The Morgan fingerprint density at radius 3 is 2.54 bits per heavy atom. The highest BCUT2D eigenvalue weighted by Gasteiger charge is 2.09. The number of carbonyl (C=O) groups is 1. The van der Waals surface area contributed by atoms with Crippen LogP contribution < -0.4 is 4.74 Å². The van der Waals surface area contributed by atoms with Gasteiger partial charge in [0, 0.05) is 22.3 Å². The molecule has 0 aliphatic rings. The smallest absolute Gasteiger partial charge is 0.189 e. The highest BCUT2D eigenvalue weighted by molar-refractivity contribution is 7.98. The van der Waals surface area contributed by atoms with Gasteiger partial charge in [0.2, 0.25) is 0 Å². The number of carbonyl (C=O) groups excluding carboxylic acids is 1. The highest BCUT2D eigenvalue weighted by Crippen LogP contribution is 2.29. The van der Waals surface area contributed by atoms with Gasteiger partial charge in [0.1, 0.15) is 17.2 Å². The molecule has 0 heterocycles. The third kappa shape index (κ3) is 4.96. The molecule has 0 atom stereocenters. The molecule has 0 spiro atoms. The number of ketones is 1. The van der Waals surface area contributed by atoms with Crippen LogP contribution in [-0.4, -0.2) is 23.1 Å². The maximum Gasteiger partial charge on any atom is 0.189 e. The zero-order valence-corrected chi connectivity index (χ0v) is 16.1. The van der Waals surface area contributed by atoms with Crippen molar-refractivity contribution in [1.82, 2.24) is 0 Å². The lowest BCUT2D eigenvalue weighted by atomic mass is 10.1. The van der Waals surface area contributed by atoms with E-state index in [1.807, 2.05) is 36.4 Å². The Balaban J connectivity index is 1.72. The van der Waals surface area contributed by atoms with E-state index in [4.69, 9.17) is 4.74 Å². The van der Waals surface area contributed by atoms with Crippen molar-refractivity contribution in [3.05, 3.63) is 89.5 Å². The van der Waals surface area contributed by atoms with Gasteiger partial charge < -0.3 is 14.9 Å². The van der Waals surface area contributed by atoms with Gasteiger partial charge in [-0.2, -0.15) is 0 Å². The fraction of sp³-hybridized carbons (Fsp3) is 0.0870. The second kappa shape index (κ2) is 9.15. The summed E-state index contributed by atoms with van der Waals surface area (Å²) in [6, 6.07) is 19.8. The van der Waals surface area contributed by atoms with Crippen LogP contribution in [0, 0.1) is 0 Å². The summed E-state index contributed by atoms with van der Waals surface area (Å²) in [6.07, 6.45) is 3.06. The summed E-state index contributed by atoms with van der Waals surface area (Å²) in [4.78, 5) is 13.5. The molecule has 3 aromatic carbocycles. The van der Waals surface area contributed by atoms with Crippen molar-refractivity contribution in [1.29, 1.82) is 0 Å². The fourth-order valence-corrected chi connectivity index (χ4v) is 3.56. The Bertz CT molecular complexity index is 997. The van der Waals surface area contributed by atoms with Gasteiger partial charge in [-0.3, -0.25) is 4.79 Å². The van der Waals surface area contributed by atoms with Crippen LogP contribution in [0.4, 0.5) is 0 Å². The number of phenolic OH excluding ortho intramolecular Hbond substituents is 2. The molecule has 0 aliphatic heterocycles. The summed E-state index contributed by atoms with van der Waals surface area (Å²) in [5.41, 5.74) is 2.02. The van der Waals surface area contributed by atoms with E-state index in [0.29, 0.717) is 0 Å². The van der Waals surface area contributed by atoms with E-state index in [1.54, 1.807) is 24.9 Å². The Kier molecular flexibility index (Phi) is 6.40. The first-order valence-electron chi connectivity index (χ1n) is 8.66. The molecular weight excluding hydrogens is 372 g/mol. The summed E-state index contributed by atoms with van der Waals surface area (Å²) in [5, 5.41) is 19.1. The van der Waals surface area contributed by atoms with Gasteiger partial charge >= 0.3 is 0 Å². The van der Waals surface area contributed by atoms with Crippen molar-refractivity contribution in [3.63, 3.8) is 0 Å². The lowest BCUT2D eigenvalue weighted by Crippen LogP contribution is -1.95. The molecule has 3 rings (SSSR count). The minimum Gasteiger partial charge on any atom is -0.508 e. The lowest BCUT2D eigenvalue weighted by Gasteiger charge is -2.09. The van der Waals surface area contributed by atoms with E-state index >= 15 is 0 Å². The number of hydrogen-bond donors (Lipinski definition) is 2. The Labute approximate surface area is 168 Å². The molecular formula is C23H20O4S. The summed E-state index contributed by atoms with van der Waals surface area (Å²) < 4.78 is 5.50. The minimum absolute atomic E-state index is 0.0910. The second-order valence-electron chi connectivity index (χ2n) is 6.07. The predicted octanol–water partition coefficient (Wildman–Crippen LogP) is 5.29. The Morgan fingerprint density at radius 2 is 1.82 bits per heavy atom. The fourth-order valence-electron chi connectivity index (χ4n) is 2.65. The standard InChI is InChI=1S/C23H20O4S/c1-27-23-13-16(7-9-17(23)15-28-19-5-3-2-4-6-19)8-12-21(25)20-11-10-18(24)14-22(20)26/h2-14,24,26H,15H2,1H3/b12-8+. The maximum absolute atomic E-state index is 12.3. The lowest BCUT2D eigenvalue weighted by molar-refractivity contribution is 0.104. The van der Waals surface area contributed by atoms with E-state index in [2.05, 4.69) is 12.1 Å². The Morgan fingerprint density at radius 1 is 1.04 bits per heavy atom. The summed E-state index contributed by atoms with van der Waals surface area (Å²) in [7, 11) is 1.62. The molecule has 5 heteroatoms. The summed E-state index contributed by atoms with van der Waals surface area (Å²) >= 11 is 1.73. The average Bonchev–Trinajstić information content (AvgIpc) is 2.71. The van der Waals surface area contributed by atoms with Crippen molar-refractivity contribution < 1.29 is 19.7 Å². The van der Waals surface area contributed by atoms with E-state index in [9.17, 15) is 15.0 Å². The minimum atomic E-state index is -0.347. The van der Waals surface area contributed by atoms with Gasteiger partial charge in [0.25, 0.3) is 0 Å². The number of ether oxygens (including phenoxy) is 1. The van der Waals surface area contributed by atoms with Gasteiger partial charge in [-0.05, 0) is 42.0 Å². The van der Waals surface area contributed by atoms with E-state index < -0.39 is 0 Å². The SMILES string of the molecule is COc1cc(/C=C/C(=O)c2ccc(O)cc2O)ccc1CSc1ccccc1. The third-order valence-corrected chi connectivity index (χ3v) is 5.18. The zero-order chi connectivity index (χ0) is 19.9. The van der Waals surface area contributed by atoms with E-state index in [0.717, 1.165) is 28.7 Å². The summed E-state index contributed by atoms with van der Waals surface area (Å²) in [6.45, 7) is 0. The molecule has 0 aromatic heterocycles. The van der Waals surface area contributed by atoms with Gasteiger partial charge in [0.05, 0.1) is 12.7 Å². The van der Waals surface area contributed by atoms with Crippen LogP contribution in [0.5, 0.6) is 17.2 Å². The number of phenols is 2. The molecule has 0 fully saturated rings. The second-order valence-corrected chi connectivity index (χ2v) is 7.12. The molecule has 0 bridgehead atoms. The number of hydrogen-bond acceptors (Lipinski definition) is 5.